The van der Waals surface area contributed by atoms with E-state index in [2.05, 4.69) is 30.9 Å². The number of para-hydroxylation sites is 1. The summed E-state index contributed by atoms with van der Waals surface area (Å²) in [5, 5.41) is 12.4. The molecule has 0 saturated heterocycles. The summed E-state index contributed by atoms with van der Waals surface area (Å²) < 4.78 is 1.75. The second-order valence-electron chi connectivity index (χ2n) is 7.41. The van der Waals surface area contributed by atoms with Crippen LogP contribution in [0.5, 0.6) is 0 Å². The van der Waals surface area contributed by atoms with Crippen molar-refractivity contribution in [2.75, 3.05) is 32.6 Å². The molecule has 2 aromatic carbocycles. The Labute approximate surface area is 185 Å². The van der Waals surface area contributed by atoms with Gasteiger partial charge in [0.25, 0.3) is 5.91 Å². The number of hydrazone groups is 1. The highest BCUT2D eigenvalue weighted by atomic mass is 16.1. The zero-order valence-corrected chi connectivity index (χ0v) is 17.9. The van der Waals surface area contributed by atoms with Crippen molar-refractivity contribution in [1.82, 2.24) is 30.0 Å². The molecule has 2 aromatic heterocycles. The van der Waals surface area contributed by atoms with E-state index < -0.39 is 0 Å². The molecule has 2 N–H and O–H groups in total. The number of nitrogens with zero attached hydrogens (tertiary/aromatic N) is 6. The summed E-state index contributed by atoms with van der Waals surface area (Å²) in [5.41, 5.74) is 5.93. The van der Waals surface area contributed by atoms with Gasteiger partial charge in [-0.25, -0.2) is 14.6 Å². The smallest absolute Gasteiger partial charge is 0.251 e. The fraction of sp³-hybridized carbons (Fsp3) is 0.174. The molecular formula is C23H24N8O. The van der Waals surface area contributed by atoms with E-state index in [-0.39, 0.29) is 5.91 Å². The molecule has 0 saturated carbocycles. The number of carbonyl (C=O) groups excluding carboxylic acids is 1. The Balaban J connectivity index is 1.47. The van der Waals surface area contributed by atoms with Crippen LogP contribution in [0.25, 0.3) is 16.7 Å². The molecule has 0 aliphatic heterocycles. The van der Waals surface area contributed by atoms with Crippen molar-refractivity contribution in [3.8, 4) is 5.69 Å². The number of nitrogens with one attached hydrogen (secondary N) is 2. The van der Waals surface area contributed by atoms with Crippen molar-refractivity contribution in [2.24, 2.45) is 5.10 Å². The molecule has 0 atom stereocenters. The third-order valence-corrected chi connectivity index (χ3v) is 4.74. The van der Waals surface area contributed by atoms with Crippen molar-refractivity contribution in [1.29, 1.82) is 0 Å². The van der Waals surface area contributed by atoms with Crippen LogP contribution in [-0.2, 0) is 0 Å². The van der Waals surface area contributed by atoms with Crippen LogP contribution in [0.4, 0.5) is 5.82 Å². The summed E-state index contributed by atoms with van der Waals surface area (Å²) >= 11 is 0. The zero-order valence-electron chi connectivity index (χ0n) is 17.9. The maximum absolute atomic E-state index is 12.3. The largest absolute Gasteiger partial charge is 0.351 e. The average molecular weight is 429 g/mol. The molecule has 0 aliphatic rings. The highest BCUT2D eigenvalue weighted by Gasteiger charge is 2.10. The van der Waals surface area contributed by atoms with Crippen molar-refractivity contribution >= 4 is 29.0 Å². The normalized spacial score (nSPS) is 11.3. The number of amides is 1. The molecule has 2 heterocycles. The number of aromatic nitrogens is 4. The molecular weight excluding hydrogens is 404 g/mol. The minimum absolute atomic E-state index is 0.110. The summed E-state index contributed by atoms with van der Waals surface area (Å²) in [6.07, 6.45) is 4.82. The van der Waals surface area contributed by atoms with Gasteiger partial charge in [-0.1, -0.05) is 30.3 Å². The number of carbonyl (C=O) groups is 1. The molecule has 9 nitrogen and oxygen atoms in total. The summed E-state index contributed by atoms with van der Waals surface area (Å²) in [6.45, 7) is 1.37. The Kier molecular flexibility index (Phi) is 6.47. The second-order valence-corrected chi connectivity index (χ2v) is 7.41. The number of rotatable bonds is 8. The lowest BCUT2D eigenvalue weighted by Crippen LogP contribution is -2.31. The van der Waals surface area contributed by atoms with Crippen molar-refractivity contribution in [3.63, 3.8) is 0 Å². The number of benzene rings is 2. The highest BCUT2D eigenvalue weighted by molar-refractivity contribution is 5.96. The van der Waals surface area contributed by atoms with Crippen molar-refractivity contribution < 1.29 is 4.79 Å². The predicted octanol–water partition coefficient (Wildman–Crippen LogP) is 2.55. The molecule has 162 valence electrons. The van der Waals surface area contributed by atoms with Gasteiger partial charge in [0.15, 0.2) is 11.5 Å². The summed E-state index contributed by atoms with van der Waals surface area (Å²) in [5.74, 6) is 0.437. The van der Waals surface area contributed by atoms with E-state index in [0.717, 1.165) is 23.2 Å². The Morgan fingerprint density at radius 3 is 2.78 bits per heavy atom. The number of hydrogen-bond donors (Lipinski definition) is 2. The molecule has 4 aromatic rings. The molecule has 9 heteroatoms. The van der Waals surface area contributed by atoms with Crippen LogP contribution in [0.1, 0.15) is 15.9 Å². The molecule has 4 rings (SSSR count). The van der Waals surface area contributed by atoms with Gasteiger partial charge in [0.1, 0.15) is 6.33 Å². The van der Waals surface area contributed by atoms with Gasteiger partial charge >= 0.3 is 0 Å². The number of anilines is 1. The van der Waals surface area contributed by atoms with E-state index >= 15 is 0 Å². The lowest BCUT2D eigenvalue weighted by atomic mass is 10.1. The van der Waals surface area contributed by atoms with Crippen LogP contribution in [-0.4, -0.2) is 64.0 Å². The lowest BCUT2D eigenvalue weighted by molar-refractivity contribution is 0.0951. The van der Waals surface area contributed by atoms with Crippen LogP contribution in [0.2, 0.25) is 0 Å². The van der Waals surface area contributed by atoms with Crippen molar-refractivity contribution in [3.05, 3.63) is 78.2 Å². The van der Waals surface area contributed by atoms with E-state index in [4.69, 9.17) is 0 Å². The number of hydrogen-bond acceptors (Lipinski definition) is 7. The van der Waals surface area contributed by atoms with Gasteiger partial charge in [-0.3, -0.25) is 10.2 Å². The van der Waals surface area contributed by atoms with E-state index in [0.29, 0.717) is 23.6 Å². The maximum atomic E-state index is 12.3. The molecule has 0 bridgehead atoms. The Hall–Kier alpha value is -4.11. The van der Waals surface area contributed by atoms with Gasteiger partial charge < -0.3 is 10.2 Å². The van der Waals surface area contributed by atoms with Gasteiger partial charge in [-0.05, 0) is 43.9 Å². The SMILES string of the molecule is CN(C)CCNC(=O)c1cccc(/C=N\Nc2ncnc3c2cnn3-c2ccccc2)c1. The Bertz CT molecular complexity index is 1230. The van der Waals surface area contributed by atoms with Gasteiger partial charge in [-0.2, -0.15) is 10.2 Å². The molecule has 0 fully saturated rings. The second kappa shape index (κ2) is 9.80. The molecule has 32 heavy (non-hydrogen) atoms. The zero-order chi connectivity index (χ0) is 22.3. The fourth-order valence-electron chi connectivity index (χ4n) is 3.11. The minimum Gasteiger partial charge on any atom is -0.351 e. The molecule has 0 unspecified atom stereocenters. The molecule has 0 radical (unpaired) electrons. The molecule has 0 spiro atoms. The highest BCUT2D eigenvalue weighted by Crippen LogP contribution is 2.21. The number of likely N-dealkylation sites (N-methyl/N-ethyl adjacent to an activating group) is 1. The van der Waals surface area contributed by atoms with Gasteiger partial charge in [-0.15, -0.1) is 0 Å². The summed E-state index contributed by atoms with van der Waals surface area (Å²) in [6, 6.07) is 17.1. The lowest BCUT2D eigenvalue weighted by Gasteiger charge is -2.10. The Morgan fingerprint density at radius 1 is 1.12 bits per heavy atom. The number of fused-ring (bicyclic) bond motifs is 1. The summed E-state index contributed by atoms with van der Waals surface area (Å²) in [4.78, 5) is 23.0. The van der Waals surface area contributed by atoms with Crippen LogP contribution in [0.15, 0.2) is 72.2 Å². The topological polar surface area (TPSA) is 100 Å². The van der Waals surface area contributed by atoms with E-state index in [1.165, 1.54) is 6.33 Å². The molecule has 1 amide bonds. The van der Waals surface area contributed by atoms with Crippen LogP contribution < -0.4 is 10.7 Å². The first-order valence-corrected chi connectivity index (χ1v) is 10.2. The van der Waals surface area contributed by atoms with Gasteiger partial charge in [0, 0.05) is 18.7 Å². The standard InChI is InChI=1S/C23H24N8O/c1-30(2)12-11-24-23(32)18-8-6-7-17(13-18)14-27-29-21-20-15-28-31(22(20)26-16-25-21)19-9-4-3-5-10-19/h3-10,13-16H,11-12H2,1-2H3,(H,24,32)(H,25,26,29)/b27-14-. The third-order valence-electron chi connectivity index (χ3n) is 4.74. The molecule has 0 aliphatic carbocycles. The average Bonchev–Trinajstić information content (AvgIpc) is 3.25. The van der Waals surface area contributed by atoms with Gasteiger partial charge in [0.05, 0.1) is 23.5 Å². The first-order valence-electron chi connectivity index (χ1n) is 10.2. The van der Waals surface area contributed by atoms with Crippen LogP contribution in [0, 0.1) is 0 Å². The van der Waals surface area contributed by atoms with Gasteiger partial charge in [0.2, 0.25) is 0 Å². The van der Waals surface area contributed by atoms with Crippen LogP contribution >= 0.6 is 0 Å². The van der Waals surface area contributed by atoms with Crippen molar-refractivity contribution in [2.45, 2.75) is 0 Å². The fourth-order valence-corrected chi connectivity index (χ4v) is 3.11. The van der Waals surface area contributed by atoms with E-state index in [1.54, 1.807) is 29.2 Å². The monoisotopic (exact) mass is 428 g/mol. The quantitative estimate of drug-likeness (QED) is 0.330. The first kappa shape index (κ1) is 21.1. The maximum Gasteiger partial charge on any atom is 0.251 e. The summed E-state index contributed by atoms with van der Waals surface area (Å²) in [7, 11) is 3.93. The third kappa shape index (κ3) is 4.96. The first-order chi connectivity index (χ1) is 15.6. The van der Waals surface area contributed by atoms with E-state index in [1.807, 2.05) is 61.5 Å². The predicted molar refractivity (Wildman–Crippen MR) is 125 cm³/mol. The Morgan fingerprint density at radius 2 is 1.97 bits per heavy atom. The minimum atomic E-state index is -0.110. The van der Waals surface area contributed by atoms with E-state index in [9.17, 15) is 4.79 Å². The van der Waals surface area contributed by atoms with Crippen LogP contribution in [0.3, 0.4) is 0 Å².